The van der Waals surface area contributed by atoms with Gasteiger partial charge in [0.05, 0.1) is 6.21 Å². The average Bonchev–Trinajstić information content (AvgIpc) is 3.21. The van der Waals surface area contributed by atoms with Crippen molar-refractivity contribution in [3.8, 4) is 0 Å². The molecule has 0 saturated heterocycles. The molecule has 140 valence electrons. The van der Waals surface area contributed by atoms with Gasteiger partial charge in [-0.25, -0.2) is 5.43 Å². The molecule has 2 amide bonds. The van der Waals surface area contributed by atoms with Crippen molar-refractivity contribution in [2.45, 2.75) is 0 Å². The molecule has 3 aromatic rings. The SMILES string of the molecule is O=C(N/N=C/c1cccc(Br)c1)/C(=C\c1cccs1)NC(=O)c1ccccc1. The number of thiophene rings is 1. The highest BCUT2D eigenvalue weighted by Crippen LogP contribution is 2.13. The Bertz CT molecular complexity index is 1020. The normalized spacial score (nSPS) is 11.4. The molecule has 0 spiro atoms. The van der Waals surface area contributed by atoms with Crippen LogP contribution < -0.4 is 10.7 Å². The first-order valence-electron chi connectivity index (χ1n) is 8.32. The number of hydrogen-bond donors (Lipinski definition) is 2. The fraction of sp³-hybridized carbons (Fsp3) is 0. The molecule has 0 saturated carbocycles. The van der Waals surface area contributed by atoms with Crippen LogP contribution >= 0.6 is 27.3 Å². The van der Waals surface area contributed by atoms with E-state index in [4.69, 9.17) is 0 Å². The maximum atomic E-state index is 12.6. The van der Waals surface area contributed by atoms with Crippen molar-refractivity contribution in [2.75, 3.05) is 0 Å². The molecule has 0 fully saturated rings. The van der Waals surface area contributed by atoms with E-state index in [0.29, 0.717) is 5.56 Å². The van der Waals surface area contributed by atoms with Gasteiger partial charge in [0.2, 0.25) is 0 Å². The van der Waals surface area contributed by atoms with Crippen molar-refractivity contribution in [1.82, 2.24) is 10.7 Å². The van der Waals surface area contributed by atoms with E-state index in [9.17, 15) is 9.59 Å². The summed E-state index contributed by atoms with van der Waals surface area (Å²) in [6, 6.07) is 19.9. The number of hydrazone groups is 1. The molecular formula is C21H16BrN3O2S. The molecule has 0 bridgehead atoms. The highest BCUT2D eigenvalue weighted by molar-refractivity contribution is 9.10. The number of halogens is 1. The zero-order valence-corrected chi connectivity index (χ0v) is 17.0. The lowest BCUT2D eigenvalue weighted by molar-refractivity contribution is -0.117. The Kier molecular flexibility index (Phi) is 6.89. The molecular weight excluding hydrogens is 438 g/mol. The topological polar surface area (TPSA) is 70.6 Å². The van der Waals surface area contributed by atoms with Gasteiger partial charge in [-0.05, 0) is 47.4 Å². The number of carbonyl (C=O) groups excluding carboxylic acids is 2. The van der Waals surface area contributed by atoms with Crippen LogP contribution in [0.5, 0.6) is 0 Å². The van der Waals surface area contributed by atoms with Gasteiger partial charge in [-0.1, -0.05) is 52.3 Å². The number of benzene rings is 2. The van der Waals surface area contributed by atoms with E-state index in [1.165, 1.54) is 17.6 Å². The van der Waals surface area contributed by atoms with Crippen molar-refractivity contribution in [1.29, 1.82) is 0 Å². The number of amides is 2. The zero-order valence-electron chi connectivity index (χ0n) is 14.6. The highest BCUT2D eigenvalue weighted by Gasteiger charge is 2.14. The first kappa shape index (κ1) is 19.7. The summed E-state index contributed by atoms with van der Waals surface area (Å²) in [5.41, 5.74) is 3.86. The minimum atomic E-state index is -0.510. The summed E-state index contributed by atoms with van der Waals surface area (Å²) in [5, 5.41) is 8.54. The smallest absolute Gasteiger partial charge is 0.287 e. The summed E-state index contributed by atoms with van der Waals surface area (Å²) in [6.07, 6.45) is 3.15. The quantitative estimate of drug-likeness (QED) is 0.329. The van der Waals surface area contributed by atoms with Crippen LogP contribution in [0.2, 0.25) is 0 Å². The van der Waals surface area contributed by atoms with Gasteiger partial charge in [-0.3, -0.25) is 9.59 Å². The molecule has 0 aliphatic rings. The molecule has 7 heteroatoms. The molecule has 3 rings (SSSR count). The fourth-order valence-electron chi connectivity index (χ4n) is 2.27. The maximum Gasteiger partial charge on any atom is 0.287 e. The molecule has 0 atom stereocenters. The second-order valence-corrected chi connectivity index (χ2v) is 7.54. The second kappa shape index (κ2) is 9.77. The summed E-state index contributed by atoms with van der Waals surface area (Å²) in [5.74, 6) is -0.876. The minimum absolute atomic E-state index is 0.114. The first-order valence-corrected chi connectivity index (χ1v) is 9.99. The van der Waals surface area contributed by atoms with E-state index in [1.807, 2.05) is 47.8 Å². The largest absolute Gasteiger partial charge is 0.317 e. The van der Waals surface area contributed by atoms with E-state index in [0.717, 1.165) is 14.9 Å². The van der Waals surface area contributed by atoms with E-state index < -0.39 is 5.91 Å². The molecule has 0 radical (unpaired) electrons. The Morgan fingerprint density at radius 3 is 2.54 bits per heavy atom. The van der Waals surface area contributed by atoms with Crippen LogP contribution in [0.1, 0.15) is 20.8 Å². The van der Waals surface area contributed by atoms with Gasteiger partial charge in [0.15, 0.2) is 0 Å². The van der Waals surface area contributed by atoms with Crippen LogP contribution in [0.15, 0.2) is 87.4 Å². The molecule has 0 unspecified atom stereocenters. The van der Waals surface area contributed by atoms with Gasteiger partial charge in [0.1, 0.15) is 5.70 Å². The summed E-state index contributed by atoms with van der Waals surface area (Å²) < 4.78 is 0.913. The van der Waals surface area contributed by atoms with Crippen LogP contribution in [-0.4, -0.2) is 18.0 Å². The number of rotatable bonds is 6. The molecule has 2 aromatic carbocycles. The van der Waals surface area contributed by atoms with E-state index in [-0.39, 0.29) is 11.6 Å². The molecule has 1 heterocycles. The Labute approximate surface area is 174 Å². The lowest BCUT2D eigenvalue weighted by Gasteiger charge is -2.08. The van der Waals surface area contributed by atoms with Crippen LogP contribution in [0.4, 0.5) is 0 Å². The predicted octanol–water partition coefficient (Wildman–Crippen LogP) is 4.43. The first-order chi connectivity index (χ1) is 13.6. The minimum Gasteiger partial charge on any atom is -0.317 e. The second-order valence-electron chi connectivity index (χ2n) is 5.65. The van der Waals surface area contributed by atoms with Gasteiger partial charge < -0.3 is 5.32 Å². The summed E-state index contributed by atoms with van der Waals surface area (Å²) in [7, 11) is 0. The molecule has 28 heavy (non-hydrogen) atoms. The summed E-state index contributed by atoms with van der Waals surface area (Å²) in [6.45, 7) is 0. The maximum absolute atomic E-state index is 12.6. The van der Waals surface area contributed by atoms with Crippen LogP contribution in [0, 0.1) is 0 Å². The monoisotopic (exact) mass is 453 g/mol. The number of nitrogens with one attached hydrogen (secondary N) is 2. The van der Waals surface area contributed by atoms with Crippen molar-refractivity contribution < 1.29 is 9.59 Å². The third-order valence-corrected chi connectivity index (χ3v) is 4.90. The van der Waals surface area contributed by atoms with Crippen molar-refractivity contribution in [3.63, 3.8) is 0 Å². The van der Waals surface area contributed by atoms with Crippen molar-refractivity contribution in [3.05, 3.63) is 98.3 Å². The fourth-order valence-corrected chi connectivity index (χ4v) is 3.34. The summed E-state index contributed by atoms with van der Waals surface area (Å²) >= 11 is 4.85. The van der Waals surface area contributed by atoms with E-state index in [2.05, 4.69) is 31.8 Å². The summed E-state index contributed by atoms with van der Waals surface area (Å²) in [4.78, 5) is 25.9. The van der Waals surface area contributed by atoms with Gasteiger partial charge in [-0.15, -0.1) is 11.3 Å². The third-order valence-electron chi connectivity index (χ3n) is 3.59. The van der Waals surface area contributed by atoms with Crippen LogP contribution in [0.3, 0.4) is 0 Å². The van der Waals surface area contributed by atoms with Gasteiger partial charge in [0.25, 0.3) is 11.8 Å². The lowest BCUT2D eigenvalue weighted by Crippen LogP contribution is -2.32. The van der Waals surface area contributed by atoms with E-state index in [1.54, 1.807) is 30.3 Å². The number of carbonyl (C=O) groups is 2. The molecule has 1 aromatic heterocycles. The Morgan fingerprint density at radius 1 is 1.00 bits per heavy atom. The lowest BCUT2D eigenvalue weighted by atomic mass is 10.2. The Balaban J connectivity index is 1.74. The number of hydrogen-bond acceptors (Lipinski definition) is 4. The predicted molar refractivity (Wildman–Crippen MR) is 116 cm³/mol. The molecule has 5 nitrogen and oxygen atoms in total. The van der Waals surface area contributed by atoms with Crippen LogP contribution in [0.25, 0.3) is 6.08 Å². The Morgan fingerprint density at radius 2 is 1.82 bits per heavy atom. The molecule has 2 N–H and O–H groups in total. The van der Waals surface area contributed by atoms with Crippen molar-refractivity contribution >= 4 is 51.4 Å². The van der Waals surface area contributed by atoms with Gasteiger partial charge >= 0.3 is 0 Å². The van der Waals surface area contributed by atoms with Gasteiger partial charge in [-0.2, -0.15) is 5.10 Å². The zero-order chi connectivity index (χ0) is 19.8. The van der Waals surface area contributed by atoms with Crippen molar-refractivity contribution in [2.24, 2.45) is 5.10 Å². The average molecular weight is 454 g/mol. The number of nitrogens with zero attached hydrogens (tertiary/aromatic N) is 1. The van der Waals surface area contributed by atoms with E-state index >= 15 is 0 Å². The standard InChI is InChI=1S/C21H16BrN3O2S/c22-17-9-4-6-15(12-17)14-23-25-21(27)19(13-18-10-5-11-28-18)24-20(26)16-7-2-1-3-8-16/h1-14H,(H,24,26)(H,25,27)/b19-13+,23-14+. The molecule has 0 aliphatic heterocycles. The third kappa shape index (κ3) is 5.73. The van der Waals surface area contributed by atoms with Crippen LogP contribution in [-0.2, 0) is 4.79 Å². The highest BCUT2D eigenvalue weighted by atomic mass is 79.9. The Hall–Kier alpha value is -3.03. The molecule has 0 aliphatic carbocycles. The van der Waals surface area contributed by atoms with Gasteiger partial charge in [0, 0.05) is 14.9 Å².